The lowest BCUT2D eigenvalue weighted by Crippen LogP contribution is -2.39. The molecule has 0 saturated carbocycles. The van der Waals surface area contributed by atoms with E-state index in [1.54, 1.807) is 32.9 Å². The minimum absolute atomic E-state index is 0.0196. The molecule has 0 aromatic carbocycles. The molecule has 0 saturated heterocycles. The molecule has 0 atom stereocenters. The maximum atomic E-state index is 11.9. The van der Waals surface area contributed by atoms with Crippen molar-refractivity contribution in [3.63, 3.8) is 0 Å². The van der Waals surface area contributed by atoms with Gasteiger partial charge in [-0.15, -0.1) is 0 Å². The normalized spacial score (nSPS) is 11.4. The van der Waals surface area contributed by atoms with Crippen molar-refractivity contribution in [1.82, 2.24) is 10.3 Å². The first-order chi connectivity index (χ1) is 10.3. The maximum Gasteiger partial charge on any atom is 0.310 e. The molecule has 2 aromatic rings. The number of hydrogen-bond acceptors (Lipinski definition) is 5. The Hall–Kier alpha value is -2.57. The van der Waals surface area contributed by atoms with E-state index in [9.17, 15) is 9.59 Å². The van der Waals surface area contributed by atoms with E-state index in [-0.39, 0.29) is 18.9 Å². The number of aromatic nitrogens is 1. The summed E-state index contributed by atoms with van der Waals surface area (Å²) in [5, 5.41) is 11.6. The van der Waals surface area contributed by atoms with Gasteiger partial charge in [-0.3, -0.25) is 9.59 Å². The molecule has 118 valence electrons. The lowest BCUT2D eigenvalue weighted by atomic mass is 9.94. The van der Waals surface area contributed by atoms with E-state index >= 15 is 0 Å². The molecule has 0 fully saturated rings. The van der Waals surface area contributed by atoms with Crippen molar-refractivity contribution in [3.8, 4) is 11.7 Å². The van der Waals surface area contributed by atoms with Crippen LogP contribution in [0.15, 0.2) is 27.2 Å². The number of nitrogens with one attached hydrogen (secondary N) is 1. The number of nitrogens with zero attached hydrogens (tertiary/aromatic N) is 1. The first-order valence-electron chi connectivity index (χ1n) is 6.80. The van der Waals surface area contributed by atoms with Crippen LogP contribution in [0, 0.1) is 12.3 Å². The molecule has 0 spiro atoms. The fourth-order valence-corrected chi connectivity index (χ4v) is 1.71. The van der Waals surface area contributed by atoms with E-state index in [1.807, 2.05) is 0 Å². The highest BCUT2D eigenvalue weighted by atomic mass is 16.4. The smallest absolute Gasteiger partial charge is 0.310 e. The van der Waals surface area contributed by atoms with Crippen LogP contribution in [0.2, 0.25) is 0 Å². The van der Waals surface area contributed by atoms with E-state index in [2.05, 4.69) is 10.3 Å². The standard InChI is InChI=1S/C15H18N2O5/c1-9-10(17-13(22-9)11-5-4-6-21-11)7-12(18)16-8-15(2,3)14(19)20/h4-6H,7-8H2,1-3H3,(H,16,18)(H,19,20). The third kappa shape index (κ3) is 3.55. The van der Waals surface area contributed by atoms with Crippen molar-refractivity contribution >= 4 is 11.9 Å². The number of rotatable bonds is 6. The van der Waals surface area contributed by atoms with Gasteiger partial charge in [0.2, 0.25) is 5.91 Å². The molecule has 22 heavy (non-hydrogen) atoms. The van der Waals surface area contributed by atoms with Gasteiger partial charge in [0.15, 0.2) is 5.76 Å². The number of carboxylic acid groups (broad SMARTS) is 1. The summed E-state index contributed by atoms with van der Waals surface area (Å²) in [5.74, 6) is 0.0548. The Balaban J connectivity index is 1.99. The Morgan fingerprint density at radius 1 is 1.41 bits per heavy atom. The second-order valence-corrected chi connectivity index (χ2v) is 5.64. The van der Waals surface area contributed by atoms with Crippen molar-refractivity contribution in [2.24, 2.45) is 5.41 Å². The first-order valence-corrected chi connectivity index (χ1v) is 6.80. The highest BCUT2D eigenvalue weighted by Crippen LogP contribution is 2.22. The number of carbonyl (C=O) groups excluding carboxylic acids is 1. The van der Waals surface area contributed by atoms with E-state index in [4.69, 9.17) is 13.9 Å². The van der Waals surface area contributed by atoms with Crippen LogP contribution in [0.4, 0.5) is 0 Å². The highest BCUT2D eigenvalue weighted by molar-refractivity contribution is 5.80. The Bertz CT molecular complexity index is 670. The Morgan fingerprint density at radius 2 is 2.14 bits per heavy atom. The van der Waals surface area contributed by atoms with E-state index < -0.39 is 11.4 Å². The van der Waals surface area contributed by atoms with Gasteiger partial charge in [-0.2, -0.15) is 0 Å². The fourth-order valence-electron chi connectivity index (χ4n) is 1.71. The van der Waals surface area contributed by atoms with Crippen molar-refractivity contribution in [2.75, 3.05) is 6.54 Å². The van der Waals surface area contributed by atoms with Gasteiger partial charge in [-0.25, -0.2) is 4.98 Å². The van der Waals surface area contributed by atoms with Crippen LogP contribution in [0.25, 0.3) is 11.7 Å². The molecule has 7 nitrogen and oxygen atoms in total. The second kappa shape index (κ2) is 6.05. The first kappa shape index (κ1) is 15.8. The van der Waals surface area contributed by atoms with Crippen LogP contribution in [0.1, 0.15) is 25.3 Å². The summed E-state index contributed by atoms with van der Waals surface area (Å²) in [6.07, 6.45) is 1.53. The quantitative estimate of drug-likeness (QED) is 0.845. The number of hydrogen-bond donors (Lipinski definition) is 2. The zero-order valence-corrected chi connectivity index (χ0v) is 12.7. The third-order valence-electron chi connectivity index (χ3n) is 3.26. The average molecular weight is 306 g/mol. The van der Waals surface area contributed by atoms with Crippen LogP contribution in [0.3, 0.4) is 0 Å². The van der Waals surface area contributed by atoms with Crippen molar-refractivity contribution in [1.29, 1.82) is 0 Å². The van der Waals surface area contributed by atoms with Gasteiger partial charge in [-0.1, -0.05) is 0 Å². The Kier molecular flexibility index (Phi) is 4.35. The van der Waals surface area contributed by atoms with Crippen LogP contribution < -0.4 is 5.32 Å². The predicted molar refractivity (Wildman–Crippen MR) is 77.1 cm³/mol. The molecule has 2 rings (SSSR count). The van der Waals surface area contributed by atoms with Gasteiger partial charge in [0, 0.05) is 6.54 Å². The molecule has 0 aliphatic rings. The number of oxazole rings is 1. The maximum absolute atomic E-state index is 11.9. The minimum Gasteiger partial charge on any atom is -0.481 e. The summed E-state index contributed by atoms with van der Waals surface area (Å²) < 4.78 is 10.7. The third-order valence-corrected chi connectivity index (χ3v) is 3.26. The number of carbonyl (C=O) groups is 2. The number of aliphatic carboxylic acids is 1. The summed E-state index contributed by atoms with van der Waals surface area (Å²) in [4.78, 5) is 27.1. The fraction of sp³-hybridized carbons (Fsp3) is 0.400. The van der Waals surface area contributed by atoms with Gasteiger partial charge >= 0.3 is 5.97 Å². The number of carboxylic acids is 1. The van der Waals surface area contributed by atoms with Crippen LogP contribution in [0.5, 0.6) is 0 Å². The molecular weight excluding hydrogens is 288 g/mol. The largest absolute Gasteiger partial charge is 0.481 e. The van der Waals surface area contributed by atoms with E-state index in [0.29, 0.717) is 23.1 Å². The van der Waals surface area contributed by atoms with E-state index in [1.165, 1.54) is 6.26 Å². The van der Waals surface area contributed by atoms with Crippen LogP contribution in [-0.4, -0.2) is 28.5 Å². The zero-order chi connectivity index (χ0) is 16.3. The lowest BCUT2D eigenvalue weighted by Gasteiger charge is -2.19. The summed E-state index contributed by atoms with van der Waals surface area (Å²) in [5.41, 5.74) is -0.523. The molecule has 2 aromatic heterocycles. The number of furan rings is 1. The summed E-state index contributed by atoms with van der Waals surface area (Å²) in [6, 6.07) is 3.43. The van der Waals surface area contributed by atoms with E-state index in [0.717, 1.165) is 0 Å². The summed E-state index contributed by atoms with van der Waals surface area (Å²) in [7, 11) is 0. The molecule has 0 unspecified atom stereocenters. The Morgan fingerprint density at radius 3 is 2.73 bits per heavy atom. The molecule has 2 N–H and O–H groups in total. The van der Waals surface area contributed by atoms with Crippen LogP contribution in [-0.2, 0) is 16.0 Å². The summed E-state index contributed by atoms with van der Waals surface area (Å²) in [6.45, 7) is 4.85. The molecule has 2 heterocycles. The second-order valence-electron chi connectivity index (χ2n) is 5.64. The number of amides is 1. The number of aryl methyl sites for hydroxylation is 1. The lowest BCUT2D eigenvalue weighted by molar-refractivity contribution is -0.146. The molecule has 0 radical (unpaired) electrons. The average Bonchev–Trinajstić information content (AvgIpc) is 3.07. The molecule has 7 heteroatoms. The molecule has 1 amide bonds. The molecule has 0 aliphatic heterocycles. The molecular formula is C15H18N2O5. The van der Waals surface area contributed by atoms with Gasteiger partial charge in [-0.05, 0) is 32.9 Å². The minimum atomic E-state index is -1.02. The monoisotopic (exact) mass is 306 g/mol. The SMILES string of the molecule is Cc1oc(-c2ccco2)nc1CC(=O)NCC(C)(C)C(=O)O. The van der Waals surface area contributed by atoms with Crippen molar-refractivity contribution in [3.05, 3.63) is 29.9 Å². The van der Waals surface area contributed by atoms with Gasteiger partial charge in [0.05, 0.1) is 23.8 Å². The Labute approximate surface area is 127 Å². The van der Waals surface area contributed by atoms with Gasteiger partial charge in [0.25, 0.3) is 5.89 Å². The predicted octanol–water partition coefficient (Wildman–Crippen LogP) is 2.01. The van der Waals surface area contributed by atoms with Gasteiger partial charge in [0.1, 0.15) is 5.76 Å². The highest BCUT2D eigenvalue weighted by Gasteiger charge is 2.27. The van der Waals surface area contributed by atoms with Crippen molar-refractivity contribution < 1.29 is 23.5 Å². The molecule has 0 aliphatic carbocycles. The summed E-state index contributed by atoms with van der Waals surface area (Å²) >= 11 is 0. The van der Waals surface area contributed by atoms with Crippen molar-refractivity contribution in [2.45, 2.75) is 27.2 Å². The zero-order valence-electron chi connectivity index (χ0n) is 12.7. The topological polar surface area (TPSA) is 106 Å². The van der Waals surface area contributed by atoms with Gasteiger partial charge < -0.3 is 19.3 Å². The molecule has 0 bridgehead atoms. The van der Waals surface area contributed by atoms with Crippen LogP contribution >= 0.6 is 0 Å².